The van der Waals surface area contributed by atoms with Crippen molar-refractivity contribution in [1.82, 2.24) is 15.1 Å². The van der Waals surface area contributed by atoms with Crippen molar-refractivity contribution in [2.45, 2.75) is 32.7 Å². The Bertz CT molecular complexity index is 1130. The number of halogens is 2. The minimum atomic E-state index is -2.97. The van der Waals surface area contributed by atoms with Crippen LogP contribution in [0.5, 0.6) is 11.6 Å². The first-order chi connectivity index (χ1) is 15.7. The number of esters is 1. The maximum Gasteiger partial charge on any atom is 0.337 e. The Morgan fingerprint density at radius 1 is 1.09 bits per heavy atom. The van der Waals surface area contributed by atoms with Gasteiger partial charge in [-0.15, -0.1) is 0 Å². The number of carbonyl (C=O) groups is 2. The fourth-order valence-corrected chi connectivity index (χ4v) is 3.29. The molecule has 0 bridgehead atoms. The number of nitrogens with one attached hydrogen (secondary N) is 1. The molecule has 1 amide bonds. The fourth-order valence-electron chi connectivity index (χ4n) is 3.29. The minimum absolute atomic E-state index is 0.0831. The second kappa shape index (κ2) is 10.2. The van der Waals surface area contributed by atoms with E-state index in [4.69, 9.17) is 4.74 Å². The Morgan fingerprint density at radius 3 is 2.27 bits per heavy atom. The van der Waals surface area contributed by atoms with Gasteiger partial charge in [0.25, 0.3) is 12.3 Å². The quantitative estimate of drug-likeness (QED) is 0.482. The van der Waals surface area contributed by atoms with Crippen LogP contribution in [0.1, 0.15) is 63.9 Å². The van der Waals surface area contributed by atoms with E-state index in [1.165, 1.54) is 14.2 Å². The monoisotopic (exact) mass is 457 g/mol. The molecule has 174 valence electrons. The summed E-state index contributed by atoms with van der Waals surface area (Å²) >= 11 is 0. The maximum absolute atomic E-state index is 13.7. The average Bonchev–Trinajstić information content (AvgIpc) is 3.15. The van der Waals surface area contributed by atoms with Crippen molar-refractivity contribution in [2.75, 3.05) is 7.11 Å². The number of hydrogen-bond acceptors (Lipinski definition) is 5. The third-order valence-electron chi connectivity index (χ3n) is 5.18. The maximum atomic E-state index is 13.7. The average molecular weight is 457 g/mol. The molecule has 0 spiro atoms. The van der Waals surface area contributed by atoms with Crippen LogP contribution in [-0.4, -0.2) is 28.8 Å². The van der Waals surface area contributed by atoms with Gasteiger partial charge < -0.3 is 14.8 Å². The molecule has 1 unspecified atom stereocenters. The molecule has 0 fully saturated rings. The largest absolute Gasteiger partial charge is 0.465 e. The van der Waals surface area contributed by atoms with E-state index in [9.17, 15) is 18.4 Å². The Kier molecular flexibility index (Phi) is 7.42. The van der Waals surface area contributed by atoms with Crippen molar-refractivity contribution < 1.29 is 27.8 Å². The van der Waals surface area contributed by atoms with Crippen LogP contribution in [0.15, 0.2) is 48.5 Å². The number of methoxy groups -OCH3 is 1. The summed E-state index contributed by atoms with van der Waals surface area (Å²) in [5.74, 6) is -0.913. The number of amides is 1. The van der Waals surface area contributed by atoms with Crippen LogP contribution in [0.2, 0.25) is 0 Å². The summed E-state index contributed by atoms with van der Waals surface area (Å²) in [6.07, 6.45) is -2.13. The van der Waals surface area contributed by atoms with E-state index >= 15 is 0 Å². The molecule has 9 heteroatoms. The van der Waals surface area contributed by atoms with E-state index in [0.717, 1.165) is 16.7 Å². The first kappa shape index (κ1) is 23.9. The Hall–Kier alpha value is -3.75. The van der Waals surface area contributed by atoms with Gasteiger partial charge in [-0.2, -0.15) is 5.10 Å². The third kappa shape index (κ3) is 5.36. The molecular weight excluding hydrogens is 432 g/mol. The fraction of sp³-hybridized carbons (Fsp3) is 0.292. The van der Waals surface area contributed by atoms with Crippen molar-refractivity contribution >= 4 is 11.9 Å². The molecule has 7 nitrogen and oxygen atoms in total. The van der Waals surface area contributed by atoms with Gasteiger partial charge in [0.1, 0.15) is 17.0 Å². The lowest BCUT2D eigenvalue weighted by molar-refractivity contribution is 0.0600. The number of aryl methyl sites for hydroxylation is 2. The summed E-state index contributed by atoms with van der Waals surface area (Å²) in [4.78, 5) is 24.6. The number of nitrogens with zero attached hydrogens (tertiary/aromatic N) is 2. The second-order valence-electron chi connectivity index (χ2n) is 7.40. The number of alkyl halides is 2. The van der Waals surface area contributed by atoms with Gasteiger partial charge in [-0.25, -0.2) is 18.3 Å². The topological polar surface area (TPSA) is 82.4 Å². The van der Waals surface area contributed by atoms with Crippen molar-refractivity contribution in [3.8, 4) is 11.6 Å². The molecule has 0 aliphatic rings. The number of aromatic nitrogens is 2. The van der Waals surface area contributed by atoms with E-state index in [0.29, 0.717) is 16.9 Å². The molecule has 1 aromatic heterocycles. The summed E-state index contributed by atoms with van der Waals surface area (Å²) < 4.78 is 38.9. The van der Waals surface area contributed by atoms with E-state index in [-0.39, 0.29) is 11.4 Å². The Balaban J connectivity index is 1.86. The Morgan fingerprint density at radius 2 is 1.73 bits per heavy atom. The van der Waals surface area contributed by atoms with Crippen LogP contribution >= 0.6 is 0 Å². The van der Waals surface area contributed by atoms with Crippen molar-refractivity contribution in [2.24, 2.45) is 7.05 Å². The predicted octanol–water partition coefficient (Wildman–Crippen LogP) is 4.99. The number of benzene rings is 2. The first-order valence-corrected chi connectivity index (χ1v) is 10.4. The van der Waals surface area contributed by atoms with Gasteiger partial charge in [0.15, 0.2) is 0 Å². The van der Waals surface area contributed by atoms with Crippen LogP contribution in [0.4, 0.5) is 8.78 Å². The first-order valence-electron chi connectivity index (χ1n) is 10.4. The summed E-state index contributed by atoms with van der Waals surface area (Å²) in [5.41, 5.74) is 1.13. The highest BCUT2D eigenvalue weighted by Crippen LogP contribution is 2.33. The lowest BCUT2D eigenvalue weighted by Gasteiger charge is -2.16. The summed E-state index contributed by atoms with van der Waals surface area (Å²) in [5, 5.41) is 6.52. The van der Waals surface area contributed by atoms with Crippen molar-refractivity contribution in [3.05, 3.63) is 76.5 Å². The van der Waals surface area contributed by atoms with Gasteiger partial charge in [0.2, 0.25) is 5.88 Å². The SMILES string of the molecule is CCc1ccc(Oc2c(C(=O)NC(C)c3ccc(C(=O)OC)cc3)c(C(F)F)nn2C)cc1. The second-order valence-corrected chi connectivity index (χ2v) is 7.40. The zero-order valence-corrected chi connectivity index (χ0v) is 18.8. The van der Waals surface area contributed by atoms with Gasteiger partial charge in [-0.3, -0.25) is 4.79 Å². The molecule has 1 atom stereocenters. The molecule has 2 aromatic carbocycles. The van der Waals surface area contributed by atoms with Crippen LogP contribution in [0.25, 0.3) is 0 Å². The molecule has 1 N–H and O–H groups in total. The lowest BCUT2D eigenvalue weighted by Crippen LogP contribution is -2.27. The van der Waals surface area contributed by atoms with E-state index in [2.05, 4.69) is 15.2 Å². The van der Waals surface area contributed by atoms with Crippen molar-refractivity contribution in [3.63, 3.8) is 0 Å². The third-order valence-corrected chi connectivity index (χ3v) is 5.18. The van der Waals surface area contributed by atoms with Crippen LogP contribution in [-0.2, 0) is 18.2 Å². The molecule has 33 heavy (non-hydrogen) atoms. The number of rotatable bonds is 8. The minimum Gasteiger partial charge on any atom is -0.465 e. The standard InChI is InChI=1S/C24H25F2N3O4/c1-5-15-6-12-18(13-7-15)33-23-19(20(21(25)26)28-29(23)3)22(30)27-14(2)16-8-10-17(11-9-16)24(31)32-4/h6-14,21H,5H2,1-4H3,(H,27,30). The highest BCUT2D eigenvalue weighted by Gasteiger charge is 2.30. The van der Waals surface area contributed by atoms with Crippen molar-refractivity contribution in [1.29, 1.82) is 0 Å². The van der Waals surface area contributed by atoms with E-state index in [1.807, 2.05) is 19.1 Å². The Labute approximate surface area is 190 Å². The lowest BCUT2D eigenvalue weighted by atomic mass is 10.1. The van der Waals surface area contributed by atoms with Gasteiger partial charge in [-0.05, 0) is 48.7 Å². The molecular formula is C24H25F2N3O4. The summed E-state index contributed by atoms with van der Waals surface area (Å²) in [7, 11) is 2.72. The highest BCUT2D eigenvalue weighted by atomic mass is 19.3. The van der Waals surface area contributed by atoms with E-state index in [1.54, 1.807) is 43.3 Å². The van der Waals surface area contributed by atoms with Crippen LogP contribution in [0.3, 0.4) is 0 Å². The molecule has 0 saturated heterocycles. The smallest absolute Gasteiger partial charge is 0.337 e. The number of ether oxygens (including phenoxy) is 2. The zero-order chi connectivity index (χ0) is 24.1. The molecule has 0 aliphatic heterocycles. The molecule has 3 aromatic rings. The molecule has 1 heterocycles. The normalized spacial score (nSPS) is 11.8. The molecule has 0 radical (unpaired) electrons. The molecule has 0 aliphatic carbocycles. The van der Waals surface area contributed by atoms with Crippen LogP contribution in [0, 0.1) is 0 Å². The van der Waals surface area contributed by atoms with Gasteiger partial charge in [0, 0.05) is 7.05 Å². The molecule has 0 saturated carbocycles. The summed E-state index contributed by atoms with van der Waals surface area (Å²) in [6, 6.07) is 13.0. The van der Waals surface area contributed by atoms with Gasteiger partial charge in [0.05, 0.1) is 18.7 Å². The van der Waals surface area contributed by atoms with Gasteiger partial charge in [-0.1, -0.05) is 31.2 Å². The predicted molar refractivity (Wildman–Crippen MR) is 118 cm³/mol. The zero-order valence-electron chi connectivity index (χ0n) is 18.8. The number of carbonyl (C=O) groups excluding carboxylic acids is 2. The van der Waals surface area contributed by atoms with E-state index < -0.39 is 30.0 Å². The number of hydrogen-bond donors (Lipinski definition) is 1. The van der Waals surface area contributed by atoms with Gasteiger partial charge >= 0.3 is 5.97 Å². The summed E-state index contributed by atoms with van der Waals surface area (Å²) in [6.45, 7) is 3.71. The van der Waals surface area contributed by atoms with Crippen LogP contribution < -0.4 is 10.1 Å². The highest BCUT2D eigenvalue weighted by molar-refractivity contribution is 5.98. The molecule has 3 rings (SSSR count).